The first-order valence-electron chi connectivity index (χ1n) is 13.8. The molecule has 214 valence electrons. The number of nitrogens with one attached hydrogen (secondary N) is 1. The lowest BCUT2D eigenvalue weighted by molar-refractivity contribution is -0.122. The first kappa shape index (κ1) is 27.6. The summed E-state index contributed by atoms with van der Waals surface area (Å²) >= 11 is 9.57. The van der Waals surface area contributed by atoms with Crippen LogP contribution in [0.25, 0.3) is 0 Å². The molecule has 2 bridgehead atoms. The van der Waals surface area contributed by atoms with E-state index in [1.165, 1.54) is 17.0 Å². The van der Waals surface area contributed by atoms with Gasteiger partial charge in [-0.3, -0.25) is 14.4 Å². The van der Waals surface area contributed by atoms with Gasteiger partial charge in [0.25, 0.3) is 5.91 Å². The quantitative estimate of drug-likeness (QED) is 0.193. The predicted molar refractivity (Wildman–Crippen MR) is 165 cm³/mol. The zero-order valence-electron chi connectivity index (χ0n) is 22.8. The molecule has 1 heterocycles. The molecule has 1 saturated heterocycles. The van der Waals surface area contributed by atoms with Crippen molar-refractivity contribution in [3.63, 3.8) is 0 Å². The number of imide groups is 1. The van der Waals surface area contributed by atoms with Crippen LogP contribution in [0.4, 0.5) is 11.4 Å². The van der Waals surface area contributed by atoms with Crippen molar-refractivity contribution in [2.24, 2.45) is 11.8 Å². The summed E-state index contributed by atoms with van der Waals surface area (Å²) in [6.45, 7) is 1.24. The maximum Gasteiger partial charge on any atom is 0.338 e. The zero-order valence-corrected chi connectivity index (χ0v) is 25.2. The highest BCUT2D eigenvalue weighted by Crippen LogP contribution is 2.61. The van der Waals surface area contributed by atoms with E-state index < -0.39 is 30.3 Å². The van der Waals surface area contributed by atoms with Crippen LogP contribution in [0.1, 0.15) is 50.0 Å². The molecule has 43 heavy (non-hydrogen) atoms. The van der Waals surface area contributed by atoms with Crippen molar-refractivity contribution in [2.45, 2.75) is 18.8 Å². The molecule has 4 aliphatic rings. The fraction of sp³-hybridized carbons (Fsp3) is 0.176. The van der Waals surface area contributed by atoms with Gasteiger partial charge in [0.15, 0.2) is 6.61 Å². The van der Waals surface area contributed by atoms with Gasteiger partial charge in [0.2, 0.25) is 11.8 Å². The summed E-state index contributed by atoms with van der Waals surface area (Å²) in [4.78, 5) is 54.7. The van der Waals surface area contributed by atoms with Crippen LogP contribution < -0.4 is 10.2 Å². The molecule has 7 nitrogen and oxygen atoms in total. The third-order valence-corrected chi connectivity index (χ3v) is 10.1. The number of carbonyl (C=O) groups is 4. The number of esters is 1. The Morgan fingerprint density at radius 2 is 1.40 bits per heavy atom. The molecule has 0 unspecified atom stereocenters. The average molecular weight is 656 g/mol. The van der Waals surface area contributed by atoms with Crippen LogP contribution in [0.2, 0.25) is 5.02 Å². The van der Waals surface area contributed by atoms with Crippen molar-refractivity contribution < 1.29 is 23.9 Å². The number of nitrogens with zero attached hydrogens (tertiary/aromatic N) is 1. The maximum absolute atomic E-state index is 14.0. The molecule has 1 aliphatic heterocycles. The molecule has 4 aromatic carbocycles. The fourth-order valence-electron chi connectivity index (χ4n) is 6.89. The first-order chi connectivity index (χ1) is 20.8. The minimum atomic E-state index is -0.751. The summed E-state index contributed by atoms with van der Waals surface area (Å²) in [7, 11) is 0. The largest absolute Gasteiger partial charge is 0.452 e. The van der Waals surface area contributed by atoms with Crippen LogP contribution in [0.5, 0.6) is 0 Å². The second-order valence-electron chi connectivity index (χ2n) is 11.0. The lowest BCUT2D eigenvalue weighted by atomic mass is 9.55. The van der Waals surface area contributed by atoms with E-state index in [0.717, 1.165) is 22.3 Å². The Hall–Kier alpha value is -4.27. The van der Waals surface area contributed by atoms with Gasteiger partial charge in [-0.05, 0) is 81.0 Å². The van der Waals surface area contributed by atoms with Crippen LogP contribution in [0.15, 0.2) is 89.4 Å². The minimum Gasteiger partial charge on any atom is -0.452 e. The Morgan fingerprint density at radius 1 is 0.837 bits per heavy atom. The lowest BCUT2D eigenvalue weighted by Gasteiger charge is -2.45. The van der Waals surface area contributed by atoms with Crippen LogP contribution in [-0.4, -0.2) is 30.3 Å². The van der Waals surface area contributed by atoms with Gasteiger partial charge in [-0.25, -0.2) is 9.69 Å². The molecule has 2 atom stereocenters. The predicted octanol–water partition coefficient (Wildman–Crippen LogP) is 6.60. The third kappa shape index (κ3) is 4.31. The van der Waals surface area contributed by atoms with Crippen molar-refractivity contribution in [2.75, 3.05) is 16.8 Å². The second-order valence-corrected chi connectivity index (χ2v) is 12.2. The number of rotatable bonds is 5. The van der Waals surface area contributed by atoms with E-state index in [1.807, 2.05) is 24.3 Å². The molecule has 3 aliphatic carbocycles. The lowest BCUT2D eigenvalue weighted by Crippen LogP contribution is -2.41. The molecule has 0 spiro atoms. The Morgan fingerprint density at radius 3 is 1.95 bits per heavy atom. The van der Waals surface area contributed by atoms with Crippen molar-refractivity contribution in [3.05, 3.63) is 128 Å². The van der Waals surface area contributed by atoms with Crippen LogP contribution in [0, 0.1) is 18.8 Å². The summed E-state index contributed by atoms with van der Waals surface area (Å²) in [6, 6.07) is 25.7. The van der Waals surface area contributed by atoms with E-state index >= 15 is 0 Å². The number of carbonyl (C=O) groups excluding carboxylic acids is 4. The van der Waals surface area contributed by atoms with Crippen LogP contribution in [0.3, 0.4) is 0 Å². The minimum absolute atomic E-state index is 0.123. The number of halogens is 2. The number of amides is 3. The molecular weight excluding hydrogens is 632 g/mol. The van der Waals surface area contributed by atoms with Gasteiger partial charge in [-0.15, -0.1) is 0 Å². The second kappa shape index (κ2) is 10.5. The highest BCUT2D eigenvalue weighted by molar-refractivity contribution is 9.10. The molecule has 1 fully saturated rings. The number of ether oxygens (including phenoxy) is 1. The van der Waals surface area contributed by atoms with Crippen molar-refractivity contribution >= 4 is 62.6 Å². The van der Waals surface area contributed by atoms with Gasteiger partial charge in [0, 0.05) is 22.0 Å². The van der Waals surface area contributed by atoms with E-state index in [9.17, 15) is 19.2 Å². The van der Waals surface area contributed by atoms with Gasteiger partial charge in [-0.2, -0.15) is 0 Å². The maximum atomic E-state index is 14.0. The summed E-state index contributed by atoms with van der Waals surface area (Å²) in [6.07, 6.45) is 0. The highest BCUT2D eigenvalue weighted by Gasteiger charge is 2.61. The number of hydrogen-bond donors (Lipinski definition) is 1. The number of anilines is 2. The number of benzene rings is 4. The fourth-order valence-corrected chi connectivity index (χ4v) is 7.49. The normalized spacial score (nSPS) is 21.2. The van der Waals surface area contributed by atoms with Gasteiger partial charge in [0.05, 0.1) is 28.1 Å². The van der Waals surface area contributed by atoms with Crippen molar-refractivity contribution in [1.82, 2.24) is 0 Å². The third-order valence-electron chi connectivity index (χ3n) is 8.74. The van der Waals surface area contributed by atoms with Gasteiger partial charge in [0.1, 0.15) is 0 Å². The molecule has 0 aromatic heterocycles. The molecular formula is C34H24BrClN2O5. The van der Waals surface area contributed by atoms with Gasteiger partial charge >= 0.3 is 5.97 Å². The molecule has 9 heteroatoms. The molecule has 3 amide bonds. The molecule has 8 rings (SSSR count). The van der Waals surface area contributed by atoms with E-state index in [2.05, 4.69) is 45.5 Å². The van der Waals surface area contributed by atoms with E-state index in [-0.39, 0.29) is 29.2 Å². The molecule has 1 N–H and O–H groups in total. The van der Waals surface area contributed by atoms with Crippen LogP contribution >= 0.6 is 27.5 Å². The molecule has 4 aromatic rings. The Kier molecular flexibility index (Phi) is 6.71. The Labute approximate surface area is 260 Å². The topological polar surface area (TPSA) is 92.8 Å². The SMILES string of the molecule is Cc1c(NC(=O)COC(=O)c2cccc(N3C(=O)[C@@H]4C5c6ccccc6C(c6ccccc65)[C@@H]4C3=O)c2)ccc(Br)c1Cl. The highest BCUT2D eigenvalue weighted by atomic mass is 79.9. The summed E-state index contributed by atoms with van der Waals surface area (Å²) < 4.78 is 5.97. The van der Waals surface area contributed by atoms with Crippen molar-refractivity contribution in [3.8, 4) is 0 Å². The van der Waals surface area contributed by atoms with Crippen LogP contribution in [-0.2, 0) is 19.1 Å². The number of hydrogen-bond acceptors (Lipinski definition) is 5. The van der Waals surface area contributed by atoms with E-state index in [1.54, 1.807) is 31.2 Å². The standard InChI is InChI=1S/C34H24BrClN2O5/c1-17-25(14-13-24(35)31(17)36)37-26(39)16-43-34(42)18-7-6-8-19(15-18)38-32(40)29-27-20-9-2-3-10-21(20)28(30(29)33(38)41)23-12-5-4-11-22(23)27/h2-15,27-30H,16H2,1H3,(H,37,39)/t27?,28?,29-,30+. The summed E-state index contributed by atoms with van der Waals surface area (Å²) in [5, 5.41) is 3.16. The Balaban J connectivity index is 1.12. The van der Waals surface area contributed by atoms with Gasteiger partial charge < -0.3 is 10.1 Å². The van der Waals surface area contributed by atoms with E-state index in [0.29, 0.717) is 26.4 Å². The van der Waals surface area contributed by atoms with Crippen molar-refractivity contribution in [1.29, 1.82) is 0 Å². The zero-order chi connectivity index (χ0) is 30.0. The van der Waals surface area contributed by atoms with E-state index in [4.69, 9.17) is 16.3 Å². The Bertz CT molecular complexity index is 1760. The molecule has 0 saturated carbocycles. The van der Waals surface area contributed by atoms with Gasteiger partial charge in [-0.1, -0.05) is 66.2 Å². The molecule has 0 radical (unpaired) electrons. The monoisotopic (exact) mass is 654 g/mol. The smallest absolute Gasteiger partial charge is 0.338 e. The summed E-state index contributed by atoms with van der Waals surface area (Å²) in [5.74, 6) is -3.34. The first-order valence-corrected chi connectivity index (χ1v) is 15.0. The summed E-state index contributed by atoms with van der Waals surface area (Å²) in [5.41, 5.74) is 5.95. The average Bonchev–Trinajstić information content (AvgIpc) is 3.30.